The average Bonchev–Trinajstić information content (AvgIpc) is 2.36. The zero-order chi connectivity index (χ0) is 15.6. The lowest BCUT2D eigenvalue weighted by Crippen LogP contribution is -2.44. The first-order valence-electron chi connectivity index (χ1n) is 5.81. The van der Waals surface area contributed by atoms with Crippen LogP contribution in [-0.4, -0.2) is 26.9 Å². The zero-order valence-corrected chi connectivity index (χ0v) is 11.5. The quantitative estimate of drug-likeness (QED) is 0.570. The van der Waals surface area contributed by atoms with Gasteiger partial charge in [0.1, 0.15) is 23.3 Å². The molecule has 1 heterocycles. The van der Waals surface area contributed by atoms with Crippen LogP contribution in [0.15, 0.2) is 9.59 Å². The zero-order valence-electron chi connectivity index (χ0n) is 11.5. The van der Waals surface area contributed by atoms with E-state index in [1.165, 1.54) is 20.9 Å². The molecule has 1 aromatic heterocycles. The molecule has 0 saturated heterocycles. The third kappa shape index (κ3) is 2.87. The Labute approximate surface area is 114 Å². The number of primary amides is 1. The summed E-state index contributed by atoms with van der Waals surface area (Å²) in [7, 11) is 1.36. The Hall–Kier alpha value is -2.58. The highest BCUT2D eigenvalue weighted by Crippen LogP contribution is 2.10. The lowest BCUT2D eigenvalue weighted by Gasteiger charge is -2.16. The topological polar surface area (TPSA) is 142 Å². The van der Waals surface area contributed by atoms with Gasteiger partial charge in [-0.2, -0.15) is 0 Å². The fourth-order valence-electron chi connectivity index (χ4n) is 1.57. The molecule has 1 aromatic rings. The van der Waals surface area contributed by atoms with Gasteiger partial charge in [-0.25, -0.2) is 4.79 Å². The highest BCUT2D eigenvalue weighted by Gasteiger charge is 2.19. The van der Waals surface area contributed by atoms with Crippen LogP contribution in [0.2, 0.25) is 0 Å². The molecular formula is C11H17N5O4. The highest BCUT2D eigenvalue weighted by molar-refractivity contribution is 5.83. The number of ketones is 1. The van der Waals surface area contributed by atoms with E-state index >= 15 is 0 Å². The van der Waals surface area contributed by atoms with Crippen molar-refractivity contribution in [2.75, 3.05) is 11.1 Å². The van der Waals surface area contributed by atoms with Crippen molar-refractivity contribution in [3.05, 3.63) is 20.8 Å². The van der Waals surface area contributed by atoms with E-state index in [2.05, 4.69) is 5.32 Å². The third-order valence-electron chi connectivity index (χ3n) is 2.76. The van der Waals surface area contributed by atoms with Crippen LogP contribution in [0.5, 0.6) is 0 Å². The number of nitrogens with zero attached hydrogens (tertiary/aromatic N) is 2. The summed E-state index contributed by atoms with van der Waals surface area (Å²) in [6, 6.07) is -0.853. The number of nitrogen functional groups attached to an aromatic ring is 1. The van der Waals surface area contributed by atoms with Gasteiger partial charge in [0.05, 0.1) is 6.54 Å². The minimum atomic E-state index is -0.853. The van der Waals surface area contributed by atoms with E-state index in [9.17, 15) is 19.2 Å². The van der Waals surface area contributed by atoms with Gasteiger partial charge in [0.25, 0.3) is 5.56 Å². The molecule has 0 radical (unpaired) electrons. The van der Waals surface area contributed by atoms with Crippen molar-refractivity contribution in [3.63, 3.8) is 0 Å². The fraction of sp³-hybridized carbons (Fsp3) is 0.455. The Morgan fingerprint density at radius 3 is 2.35 bits per heavy atom. The molecule has 0 unspecified atom stereocenters. The molecule has 1 rings (SSSR count). The molecule has 0 fully saturated rings. The molecule has 0 spiro atoms. The number of hydrogen-bond donors (Lipinski definition) is 3. The molecule has 0 saturated carbocycles. The smallest absolute Gasteiger partial charge is 0.332 e. The van der Waals surface area contributed by atoms with Gasteiger partial charge < -0.3 is 16.8 Å². The molecule has 0 aromatic carbocycles. The summed E-state index contributed by atoms with van der Waals surface area (Å²) in [5, 5.41) is 2.56. The number of hydrogen-bond acceptors (Lipinski definition) is 6. The molecule has 20 heavy (non-hydrogen) atoms. The summed E-state index contributed by atoms with van der Waals surface area (Å²) >= 11 is 0. The summed E-state index contributed by atoms with van der Waals surface area (Å²) in [6.45, 7) is 2.33. The van der Waals surface area contributed by atoms with Crippen LogP contribution in [0.3, 0.4) is 0 Å². The minimum absolute atomic E-state index is 0.132. The molecule has 9 nitrogen and oxygen atoms in total. The number of anilines is 2. The van der Waals surface area contributed by atoms with E-state index in [0.29, 0.717) is 0 Å². The van der Waals surface area contributed by atoms with Crippen LogP contribution in [-0.2, 0) is 23.2 Å². The molecule has 1 atom stereocenters. The van der Waals surface area contributed by atoms with E-state index in [4.69, 9.17) is 11.5 Å². The molecule has 110 valence electrons. The van der Waals surface area contributed by atoms with Gasteiger partial charge in [0.15, 0.2) is 0 Å². The van der Waals surface area contributed by atoms with E-state index in [0.717, 1.165) is 9.13 Å². The first-order chi connectivity index (χ1) is 9.16. The van der Waals surface area contributed by atoms with Crippen molar-refractivity contribution in [1.29, 1.82) is 0 Å². The van der Waals surface area contributed by atoms with E-state index in [1.807, 2.05) is 0 Å². The summed E-state index contributed by atoms with van der Waals surface area (Å²) in [5.74, 6) is -1.17. The molecule has 0 aliphatic carbocycles. The van der Waals surface area contributed by atoms with Gasteiger partial charge in [-0.3, -0.25) is 23.5 Å². The molecule has 9 heteroatoms. The number of nitrogens with two attached hydrogens (primary N) is 2. The standard InChI is InChI=1S/C11H17N5O4/c1-5(17)4-16-10(19)7(14-6(2)9(13)18)8(12)15(3)11(16)20/h6,14H,4,12H2,1-3H3,(H2,13,18)/t6-/m0/s1. The molecule has 0 aliphatic heterocycles. The van der Waals surface area contributed by atoms with Crippen molar-refractivity contribution >= 4 is 23.2 Å². The Kier molecular flexibility index (Phi) is 4.33. The number of carbonyl (C=O) groups is 2. The van der Waals surface area contributed by atoms with Crippen molar-refractivity contribution in [2.45, 2.75) is 26.4 Å². The highest BCUT2D eigenvalue weighted by atomic mass is 16.2. The Morgan fingerprint density at radius 1 is 1.35 bits per heavy atom. The van der Waals surface area contributed by atoms with Gasteiger partial charge in [0.2, 0.25) is 5.91 Å². The van der Waals surface area contributed by atoms with Gasteiger partial charge >= 0.3 is 5.69 Å². The van der Waals surface area contributed by atoms with Crippen LogP contribution < -0.4 is 28.0 Å². The second kappa shape index (κ2) is 5.59. The van der Waals surface area contributed by atoms with Crippen LogP contribution in [0.1, 0.15) is 13.8 Å². The monoisotopic (exact) mass is 283 g/mol. The van der Waals surface area contributed by atoms with Crippen LogP contribution >= 0.6 is 0 Å². The van der Waals surface area contributed by atoms with E-state index in [1.54, 1.807) is 0 Å². The van der Waals surface area contributed by atoms with Crippen LogP contribution in [0.25, 0.3) is 0 Å². The molecular weight excluding hydrogens is 266 g/mol. The lowest BCUT2D eigenvalue weighted by atomic mass is 10.3. The van der Waals surface area contributed by atoms with Crippen molar-refractivity contribution in [2.24, 2.45) is 12.8 Å². The van der Waals surface area contributed by atoms with Gasteiger partial charge in [0, 0.05) is 7.05 Å². The van der Waals surface area contributed by atoms with Crippen molar-refractivity contribution in [3.8, 4) is 0 Å². The predicted octanol–water partition coefficient (Wildman–Crippen LogP) is -2.00. The summed E-state index contributed by atoms with van der Waals surface area (Å²) in [4.78, 5) is 46.2. The van der Waals surface area contributed by atoms with Crippen molar-refractivity contribution in [1.82, 2.24) is 9.13 Å². The summed E-state index contributed by atoms with van der Waals surface area (Å²) in [5.41, 5.74) is 9.16. The maximum absolute atomic E-state index is 12.2. The first-order valence-corrected chi connectivity index (χ1v) is 5.81. The Bertz CT molecular complexity index is 673. The maximum atomic E-state index is 12.2. The van der Waals surface area contributed by atoms with Gasteiger partial charge in [-0.1, -0.05) is 0 Å². The molecule has 0 bridgehead atoms. The summed E-state index contributed by atoms with van der Waals surface area (Å²) in [6.07, 6.45) is 0. The van der Waals surface area contributed by atoms with Crippen LogP contribution in [0.4, 0.5) is 11.5 Å². The van der Waals surface area contributed by atoms with Crippen LogP contribution in [0, 0.1) is 0 Å². The molecule has 0 aliphatic rings. The molecule has 1 amide bonds. The maximum Gasteiger partial charge on any atom is 0.332 e. The Morgan fingerprint density at radius 2 is 1.90 bits per heavy atom. The van der Waals surface area contributed by atoms with Gasteiger partial charge in [-0.15, -0.1) is 0 Å². The normalized spacial score (nSPS) is 11.9. The SMILES string of the molecule is CC(=O)Cn1c(=O)c(N[C@@H](C)C(N)=O)c(N)n(C)c1=O. The molecule has 5 N–H and O–H groups in total. The first kappa shape index (κ1) is 15.5. The number of nitrogens with one attached hydrogen (secondary N) is 1. The van der Waals surface area contributed by atoms with Crippen molar-refractivity contribution < 1.29 is 9.59 Å². The second-order valence-corrected chi connectivity index (χ2v) is 4.46. The second-order valence-electron chi connectivity index (χ2n) is 4.46. The number of carbonyl (C=O) groups excluding carboxylic acids is 2. The van der Waals surface area contributed by atoms with E-state index in [-0.39, 0.29) is 23.8 Å². The number of aromatic nitrogens is 2. The minimum Gasteiger partial charge on any atom is -0.383 e. The van der Waals surface area contributed by atoms with E-state index < -0.39 is 23.2 Å². The summed E-state index contributed by atoms with van der Waals surface area (Å²) < 4.78 is 1.76. The lowest BCUT2D eigenvalue weighted by molar-refractivity contribution is -0.119. The number of amides is 1. The fourth-order valence-corrected chi connectivity index (χ4v) is 1.57. The number of rotatable bonds is 5. The Balaban J connectivity index is 3.49. The number of Topliss-reactive ketones (excluding diaryl/α,β-unsaturated/α-hetero) is 1. The van der Waals surface area contributed by atoms with Gasteiger partial charge in [-0.05, 0) is 13.8 Å². The predicted molar refractivity (Wildman–Crippen MR) is 73.3 cm³/mol. The largest absolute Gasteiger partial charge is 0.383 e. The average molecular weight is 283 g/mol. The third-order valence-corrected chi connectivity index (χ3v) is 2.76.